The molecule has 210 valence electrons. The SMILES string of the molecule is CC(C)C(N)C(=O)O[C@H]1CC[C@@]2(C)[C@H](CC[C@@H]3[C@@H]2CC[C@]2(C)[C@@H]4[C@H](C[C@@H]32)O[C@]2(CC[C@H](C)CO2)[C@H]4C)C1. The van der Waals surface area contributed by atoms with Crippen molar-refractivity contribution in [1.82, 2.24) is 0 Å². The first-order valence-corrected chi connectivity index (χ1v) is 15.8. The maximum atomic E-state index is 12.6. The van der Waals surface area contributed by atoms with Gasteiger partial charge in [-0.05, 0) is 110 Å². The molecular weight excluding hydrogens is 462 g/mol. The number of fused-ring (bicyclic) bond motifs is 7. The summed E-state index contributed by atoms with van der Waals surface area (Å²) in [4.78, 5) is 12.6. The summed E-state index contributed by atoms with van der Waals surface area (Å²) in [7, 11) is 0. The molecule has 37 heavy (non-hydrogen) atoms. The van der Waals surface area contributed by atoms with Gasteiger partial charge in [0.15, 0.2) is 5.79 Å². The zero-order chi connectivity index (χ0) is 26.3. The van der Waals surface area contributed by atoms with Gasteiger partial charge in [0.1, 0.15) is 12.1 Å². The first-order chi connectivity index (χ1) is 17.5. The highest BCUT2D eigenvalue weighted by atomic mass is 16.7. The largest absolute Gasteiger partial charge is 0.461 e. The molecule has 6 rings (SSSR count). The number of carbonyl (C=O) groups is 1. The van der Waals surface area contributed by atoms with E-state index in [-0.39, 0.29) is 23.8 Å². The number of hydrogen-bond donors (Lipinski definition) is 1. The van der Waals surface area contributed by atoms with Crippen molar-refractivity contribution in [2.24, 2.45) is 63.9 Å². The molecule has 2 saturated heterocycles. The average Bonchev–Trinajstić information content (AvgIpc) is 3.30. The molecule has 5 heteroatoms. The predicted octanol–water partition coefficient (Wildman–Crippen LogP) is 6.33. The van der Waals surface area contributed by atoms with Gasteiger partial charge in [0.2, 0.25) is 0 Å². The van der Waals surface area contributed by atoms with E-state index in [9.17, 15) is 4.79 Å². The quantitative estimate of drug-likeness (QED) is 0.445. The Balaban J connectivity index is 1.15. The molecule has 2 heterocycles. The lowest BCUT2D eigenvalue weighted by Crippen LogP contribution is -2.55. The Morgan fingerprint density at radius 2 is 1.70 bits per heavy atom. The van der Waals surface area contributed by atoms with Gasteiger partial charge < -0.3 is 19.9 Å². The van der Waals surface area contributed by atoms with Crippen LogP contribution in [0.1, 0.15) is 106 Å². The van der Waals surface area contributed by atoms with E-state index in [1.165, 1.54) is 44.9 Å². The lowest BCUT2D eigenvalue weighted by atomic mass is 9.44. The minimum Gasteiger partial charge on any atom is -0.461 e. The van der Waals surface area contributed by atoms with Gasteiger partial charge >= 0.3 is 5.97 Å². The standard InChI is InChI=1S/C32H53NO4/c1-18(2)28(33)29(34)36-22-10-12-30(5)21(15-22)7-8-23-24(30)11-13-31(6)25(23)16-26-27(31)20(4)32(37-26)14-9-19(3)17-35-32/h18-28H,7-17,33H2,1-6H3/t19-,20-,21+,22-,23+,24-,25-,26-,27-,28?,30-,31-,32+/m0/s1. The molecular formula is C32H53NO4. The zero-order valence-electron chi connectivity index (χ0n) is 24.3. The lowest BCUT2D eigenvalue weighted by Gasteiger charge is -2.61. The third-order valence-electron chi connectivity index (χ3n) is 13.2. The molecule has 0 aromatic carbocycles. The van der Waals surface area contributed by atoms with Crippen LogP contribution in [0.5, 0.6) is 0 Å². The summed E-state index contributed by atoms with van der Waals surface area (Å²) in [5, 5.41) is 0. The van der Waals surface area contributed by atoms with Gasteiger partial charge in [-0.2, -0.15) is 0 Å². The second kappa shape index (κ2) is 9.20. The van der Waals surface area contributed by atoms with Gasteiger partial charge in [0.05, 0.1) is 12.7 Å². The second-order valence-corrected chi connectivity index (χ2v) is 15.3. The smallest absolute Gasteiger partial charge is 0.323 e. The van der Waals surface area contributed by atoms with Crippen LogP contribution in [-0.2, 0) is 19.0 Å². The average molecular weight is 516 g/mol. The molecule has 2 aliphatic heterocycles. The normalized spacial score (nSPS) is 53.8. The molecule has 0 amide bonds. The summed E-state index contributed by atoms with van der Waals surface area (Å²) in [5.74, 6) is 4.44. The summed E-state index contributed by atoms with van der Waals surface area (Å²) < 4.78 is 19.4. The highest BCUT2D eigenvalue weighted by molar-refractivity contribution is 5.75. The van der Waals surface area contributed by atoms with Gasteiger partial charge in [0, 0.05) is 12.3 Å². The van der Waals surface area contributed by atoms with Crippen molar-refractivity contribution in [2.45, 2.75) is 130 Å². The van der Waals surface area contributed by atoms with Gasteiger partial charge in [-0.1, -0.05) is 41.5 Å². The van der Waals surface area contributed by atoms with Crippen LogP contribution in [0.15, 0.2) is 0 Å². The van der Waals surface area contributed by atoms with Crippen LogP contribution in [0, 0.1) is 58.2 Å². The fourth-order valence-electron chi connectivity index (χ4n) is 10.9. The van der Waals surface area contributed by atoms with Crippen LogP contribution >= 0.6 is 0 Å². The molecule has 4 aliphatic carbocycles. The number of nitrogens with two attached hydrogens (primary N) is 1. The van der Waals surface area contributed by atoms with Crippen molar-refractivity contribution >= 4 is 5.97 Å². The predicted molar refractivity (Wildman–Crippen MR) is 144 cm³/mol. The van der Waals surface area contributed by atoms with E-state index in [0.717, 1.165) is 43.6 Å². The molecule has 0 aromatic rings. The summed E-state index contributed by atoms with van der Waals surface area (Å²) in [6.45, 7) is 14.8. The van der Waals surface area contributed by atoms with E-state index in [4.69, 9.17) is 19.9 Å². The van der Waals surface area contributed by atoms with E-state index in [0.29, 0.717) is 40.6 Å². The van der Waals surface area contributed by atoms with Gasteiger partial charge in [-0.15, -0.1) is 0 Å². The Hall–Kier alpha value is -0.650. The number of esters is 1. The summed E-state index contributed by atoms with van der Waals surface area (Å²) in [6.07, 6.45) is 12.5. The fraction of sp³-hybridized carbons (Fsp3) is 0.969. The van der Waals surface area contributed by atoms with Crippen molar-refractivity contribution < 1.29 is 19.0 Å². The van der Waals surface area contributed by atoms with Gasteiger partial charge in [0.25, 0.3) is 0 Å². The van der Waals surface area contributed by atoms with Crippen LogP contribution in [0.3, 0.4) is 0 Å². The van der Waals surface area contributed by atoms with E-state index in [1.807, 2.05) is 13.8 Å². The summed E-state index contributed by atoms with van der Waals surface area (Å²) >= 11 is 0. The van der Waals surface area contributed by atoms with Crippen molar-refractivity contribution in [3.63, 3.8) is 0 Å². The molecule has 2 N–H and O–H groups in total. The lowest BCUT2D eigenvalue weighted by molar-refractivity contribution is -0.273. The van der Waals surface area contributed by atoms with Crippen LogP contribution in [-0.4, -0.2) is 36.6 Å². The molecule has 0 radical (unpaired) electrons. The van der Waals surface area contributed by atoms with Gasteiger partial charge in [-0.25, -0.2) is 0 Å². The van der Waals surface area contributed by atoms with E-state index < -0.39 is 6.04 Å². The third-order valence-corrected chi connectivity index (χ3v) is 13.2. The maximum Gasteiger partial charge on any atom is 0.323 e. The molecule has 1 spiro atoms. The second-order valence-electron chi connectivity index (χ2n) is 15.3. The van der Waals surface area contributed by atoms with Crippen LogP contribution in [0.25, 0.3) is 0 Å². The van der Waals surface area contributed by atoms with Crippen LogP contribution in [0.2, 0.25) is 0 Å². The van der Waals surface area contributed by atoms with Crippen molar-refractivity contribution in [1.29, 1.82) is 0 Å². The molecule has 6 aliphatic rings. The Morgan fingerprint density at radius 1 is 0.946 bits per heavy atom. The van der Waals surface area contributed by atoms with E-state index in [1.54, 1.807) is 0 Å². The van der Waals surface area contributed by atoms with E-state index >= 15 is 0 Å². The topological polar surface area (TPSA) is 70.8 Å². The fourth-order valence-corrected chi connectivity index (χ4v) is 10.9. The number of hydrogen-bond acceptors (Lipinski definition) is 5. The van der Waals surface area contributed by atoms with Crippen molar-refractivity contribution in [3.05, 3.63) is 0 Å². The highest BCUT2D eigenvalue weighted by Gasteiger charge is 2.69. The maximum absolute atomic E-state index is 12.6. The van der Waals surface area contributed by atoms with Gasteiger partial charge in [-0.3, -0.25) is 4.79 Å². The first kappa shape index (κ1) is 26.6. The Morgan fingerprint density at radius 3 is 2.41 bits per heavy atom. The number of rotatable bonds is 3. The molecule has 0 aromatic heterocycles. The zero-order valence-corrected chi connectivity index (χ0v) is 24.3. The molecule has 5 nitrogen and oxygen atoms in total. The van der Waals surface area contributed by atoms with Crippen LogP contribution in [0.4, 0.5) is 0 Å². The molecule has 6 fully saturated rings. The summed E-state index contributed by atoms with van der Waals surface area (Å²) in [6, 6.07) is -0.506. The number of ether oxygens (including phenoxy) is 3. The molecule has 1 unspecified atom stereocenters. The highest BCUT2D eigenvalue weighted by Crippen LogP contribution is 2.71. The minimum absolute atomic E-state index is 0.0512. The Kier molecular flexibility index (Phi) is 6.60. The Bertz CT molecular complexity index is 882. The summed E-state index contributed by atoms with van der Waals surface area (Å²) in [5.41, 5.74) is 6.85. The molecule has 4 saturated carbocycles. The number of carbonyl (C=O) groups excluding carboxylic acids is 1. The third kappa shape index (κ3) is 3.98. The van der Waals surface area contributed by atoms with Crippen molar-refractivity contribution in [2.75, 3.05) is 6.61 Å². The minimum atomic E-state index is -0.506. The van der Waals surface area contributed by atoms with E-state index in [2.05, 4.69) is 27.7 Å². The Labute approximate surface area is 225 Å². The molecule has 13 atom stereocenters. The van der Waals surface area contributed by atoms with Crippen molar-refractivity contribution in [3.8, 4) is 0 Å². The van der Waals surface area contributed by atoms with Crippen LogP contribution < -0.4 is 5.73 Å². The first-order valence-electron chi connectivity index (χ1n) is 15.8. The monoisotopic (exact) mass is 515 g/mol. The molecule has 0 bridgehead atoms.